The topological polar surface area (TPSA) is 93.2 Å². The van der Waals surface area contributed by atoms with Gasteiger partial charge in [0.2, 0.25) is 0 Å². The second-order valence-corrected chi connectivity index (χ2v) is 6.64. The van der Waals surface area contributed by atoms with Gasteiger partial charge in [-0.15, -0.1) is 0 Å². The Morgan fingerprint density at radius 3 is 2.39 bits per heavy atom. The van der Waals surface area contributed by atoms with Crippen molar-refractivity contribution in [3.63, 3.8) is 0 Å². The van der Waals surface area contributed by atoms with Crippen LogP contribution in [0.2, 0.25) is 0 Å². The largest absolute Gasteiger partial charge is 0.493 e. The maximum absolute atomic E-state index is 12.5. The van der Waals surface area contributed by atoms with Gasteiger partial charge >= 0.3 is 12.7 Å². The van der Waals surface area contributed by atoms with Gasteiger partial charge in [0.1, 0.15) is 5.60 Å². The molecular formula is C18H28F2N4O4. The number of guanidine groups is 1. The zero-order chi connectivity index (χ0) is 21.2. The van der Waals surface area contributed by atoms with Crippen molar-refractivity contribution in [2.45, 2.75) is 39.5 Å². The predicted octanol–water partition coefficient (Wildman–Crippen LogP) is 2.49. The third-order valence-electron chi connectivity index (χ3n) is 3.21. The number of nitrogens with one attached hydrogen (secondary N) is 3. The normalized spacial score (nSPS) is 11.8. The van der Waals surface area contributed by atoms with Crippen LogP contribution >= 0.6 is 0 Å². The molecule has 0 unspecified atom stereocenters. The van der Waals surface area contributed by atoms with Gasteiger partial charge in [0.05, 0.1) is 7.11 Å². The van der Waals surface area contributed by atoms with Gasteiger partial charge < -0.3 is 30.2 Å². The van der Waals surface area contributed by atoms with Gasteiger partial charge in [-0.25, -0.2) is 4.79 Å². The van der Waals surface area contributed by atoms with Gasteiger partial charge in [0.15, 0.2) is 17.5 Å². The highest BCUT2D eigenvalue weighted by Crippen LogP contribution is 2.29. The monoisotopic (exact) mass is 402 g/mol. The van der Waals surface area contributed by atoms with Crippen molar-refractivity contribution < 1.29 is 27.8 Å². The molecule has 0 radical (unpaired) electrons. The second-order valence-electron chi connectivity index (χ2n) is 6.64. The fourth-order valence-electron chi connectivity index (χ4n) is 2.09. The minimum Gasteiger partial charge on any atom is -0.493 e. The van der Waals surface area contributed by atoms with Gasteiger partial charge in [-0.3, -0.25) is 4.99 Å². The van der Waals surface area contributed by atoms with Crippen molar-refractivity contribution in [1.82, 2.24) is 16.0 Å². The van der Waals surface area contributed by atoms with E-state index in [0.29, 0.717) is 31.2 Å². The van der Waals surface area contributed by atoms with Crippen LogP contribution in [0.3, 0.4) is 0 Å². The van der Waals surface area contributed by atoms with Crippen LogP contribution in [0.4, 0.5) is 13.6 Å². The summed E-state index contributed by atoms with van der Waals surface area (Å²) < 4.78 is 39.6. The molecular weight excluding hydrogens is 374 g/mol. The van der Waals surface area contributed by atoms with Crippen LogP contribution < -0.4 is 25.4 Å². The first kappa shape index (κ1) is 23.3. The number of amides is 1. The summed E-state index contributed by atoms with van der Waals surface area (Å²) in [6.07, 6.45) is -0.498. The number of benzene rings is 1. The van der Waals surface area contributed by atoms with Crippen LogP contribution in [0.25, 0.3) is 0 Å². The van der Waals surface area contributed by atoms with E-state index in [1.165, 1.54) is 13.2 Å². The highest BCUT2D eigenvalue weighted by Gasteiger charge is 2.15. The van der Waals surface area contributed by atoms with E-state index in [9.17, 15) is 13.6 Å². The Hall–Kier alpha value is -2.78. The van der Waals surface area contributed by atoms with Gasteiger partial charge in [-0.2, -0.15) is 8.78 Å². The quantitative estimate of drug-likeness (QED) is 0.351. The molecule has 28 heavy (non-hydrogen) atoms. The molecule has 1 amide bonds. The molecule has 8 nitrogen and oxygen atoms in total. The molecule has 1 rings (SSSR count). The Morgan fingerprint density at radius 2 is 1.82 bits per heavy atom. The average Bonchev–Trinajstić information content (AvgIpc) is 2.59. The summed E-state index contributed by atoms with van der Waals surface area (Å²) in [4.78, 5) is 15.6. The highest BCUT2D eigenvalue weighted by atomic mass is 19.3. The Labute approximate surface area is 163 Å². The molecule has 0 spiro atoms. The summed E-state index contributed by atoms with van der Waals surface area (Å²) in [5.74, 6) is 0.666. The first-order valence-electron chi connectivity index (χ1n) is 8.67. The smallest absolute Gasteiger partial charge is 0.407 e. The second kappa shape index (κ2) is 11.2. The Balaban J connectivity index is 2.47. The van der Waals surface area contributed by atoms with E-state index < -0.39 is 18.3 Å². The summed E-state index contributed by atoms with van der Waals surface area (Å²) in [5.41, 5.74) is 0.145. The molecule has 0 atom stereocenters. The van der Waals surface area contributed by atoms with E-state index in [4.69, 9.17) is 9.47 Å². The van der Waals surface area contributed by atoms with Crippen molar-refractivity contribution in [3.8, 4) is 11.5 Å². The van der Waals surface area contributed by atoms with E-state index >= 15 is 0 Å². The van der Waals surface area contributed by atoms with Gasteiger partial charge in [-0.05, 0) is 38.5 Å². The number of halogens is 2. The zero-order valence-corrected chi connectivity index (χ0v) is 16.8. The van der Waals surface area contributed by atoms with Crippen LogP contribution in [0, 0.1) is 0 Å². The molecule has 0 saturated carbocycles. The molecule has 0 aliphatic rings. The molecule has 0 aliphatic carbocycles. The molecule has 1 aromatic rings. The van der Waals surface area contributed by atoms with Crippen molar-refractivity contribution in [2.75, 3.05) is 27.2 Å². The molecule has 0 saturated heterocycles. The van der Waals surface area contributed by atoms with E-state index in [-0.39, 0.29) is 11.5 Å². The van der Waals surface area contributed by atoms with E-state index in [0.717, 1.165) is 0 Å². The Bertz CT molecular complexity index is 663. The lowest BCUT2D eigenvalue weighted by Gasteiger charge is -2.20. The Kier molecular flexibility index (Phi) is 9.26. The lowest BCUT2D eigenvalue weighted by molar-refractivity contribution is -0.0512. The third-order valence-corrected chi connectivity index (χ3v) is 3.21. The van der Waals surface area contributed by atoms with Crippen LogP contribution in [0.15, 0.2) is 23.2 Å². The third kappa shape index (κ3) is 9.24. The fourth-order valence-corrected chi connectivity index (χ4v) is 2.09. The van der Waals surface area contributed by atoms with Crippen molar-refractivity contribution in [2.24, 2.45) is 4.99 Å². The molecule has 10 heteroatoms. The highest BCUT2D eigenvalue weighted by molar-refractivity contribution is 5.79. The molecule has 0 fully saturated rings. The summed E-state index contributed by atoms with van der Waals surface area (Å²) in [6, 6.07) is 4.74. The van der Waals surface area contributed by atoms with Crippen LogP contribution in [0.5, 0.6) is 11.5 Å². The number of nitrogens with zero attached hydrogens (tertiary/aromatic N) is 1. The maximum Gasteiger partial charge on any atom is 0.407 e. The molecule has 0 aliphatic heterocycles. The minimum absolute atomic E-state index is 0.0405. The van der Waals surface area contributed by atoms with Gasteiger partial charge in [-0.1, -0.05) is 6.07 Å². The SMILES string of the molecule is CN=C(NCCNC(=O)OC(C)(C)C)NCc1ccc(OC)c(OC(F)F)c1. The first-order chi connectivity index (χ1) is 13.1. The lowest BCUT2D eigenvalue weighted by Crippen LogP contribution is -2.42. The van der Waals surface area contributed by atoms with Crippen molar-refractivity contribution in [3.05, 3.63) is 23.8 Å². The average molecular weight is 402 g/mol. The zero-order valence-electron chi connectivity index (χ0n) is 16.8. The number of hydrogen-bond acceptors (Lipinski definition) is 5. The molecule has 1 aromatic carbocycles. The number of hydrogen-bond donors (Lipinski definition) is 3. The van der Waals surface area contributed by atoms with Gasteiger partial charge in [0.25, 0.3) is 0 Å². The molecule has 158 valence electrons. The number of carbonyl (C=O) groups excluding carboxylic acids is 1. The predicted molar refractivity (Wildman–Crippen MR) is 102 cm³/mol. The number of alkyl carbamates (subject to hydrolysis) is 1. The van der Waals surface area contributed by atoms with Gasteiger partial charge in [0, 0.05) is 26.7 Å². The van der Waals surface area contributed by atoms with Crippen LogP contribution in [-0.2, 0) is 11.3 Å². The number of ether oxygens (including phenoxy) is 3. The number of aliphatic imine (C=N–C) groups is 1. The van der Waals surface area contributed by atoms with Crippen molar-refractivity contribution in [1.29, 1.82) is 0 Å². The molecule has 0 aromatic heterocycles. The number of methoxy groups -OCH3 is 1. The standard InChI is InChI=1S/C18H28F2N4O4/c1-18(2,3)28-17(25)23-9-8-22-16(21-4)24-11-12-6-7-13(26-5)14(10-12)27-15(19)20/h6-7,10,15H,8-9,11H2,1-5H3,(H,23,25)(H2,21,22,24). The lowest BCUT2D eigenvalue weighted by atomic mass is 10.2. The summed E-state index contributed by atoms with van der Waals surface area (Å²) in [5, 5.41) is 8.68. The Morgan fingerprint density at radius 1 is 1.14 bits per heavy atom. The summed E-state index contributed by atoms with van der Waals surface area (Å²) in [6.45, 7) is 3.49. The first-order valence-corrected chi connectivity index (χ1v) is 8.67. The minimum atomic E-state index is -2.94. The van der Waals surface area contributed by atoms with E-state index in [1.54, 1.807) is 40.0 Å². The number of rotatable bonds is 8. The van der Waals surface area contributed by atoms with E-state index in [2.05, 4.69) is 25.7 Å². The maximum atomic E-state index is 12.5. The fraction of sp³-hybridized carbons (Fsp3) is 0.556. The van der Waals surface area contributed by atoms with Crippen LogP contribution in [0.1, 0.15) is 26.3 Å². The molecule has 0 heterocycles. The van der Waals surface area contributed by atoms with Crippen molar-refractivity contribution >= 4 is 12.1 Å². The summed E-state index contributed by atoms with van der Waals surface area (Å²) >= 11 is 0. The number of alkyl halides is 2. The van der Waals surface area contributed by atoms with E-state index in [1.807, 2.05) is 0 Å². The summed E-state index contributed by atoms with van der Waals surface area (Å²) in [7, 11) is 2.97. The molecule has 3 N–H and O–H groups in total. The molecule has 0 bridgehead atoms. The number of carbonyl (C=O) groups is 1. The van der Waals surface area contributed by atoms with Crippen LogP contribution in [-0.4, -0.2) is 51.5 Å².